The Hall–Kier alpha value is -2.91. The minimum Gasteiger partial charge on any atom is -0.381 e. The molecule has 40 heavy (non-hydrogen) atoms. The van der Waals surface area contributed by atoms with Crippen molar-refractivity contribution in [3.05, 3.63) is 36.0 Å². The number of aromatic amines is 1. The van der Waals surface area contributed by atoms with Crippen molar-refractivity contribution in [2.75, 3.05) is 27.8 Å². The van der Waals surface area contributed by atoms with E-state index in [0.717, 1.165) is 35.7 Å². The fourth-order valence-electron chi connectivity index (χ4n) is 6.01. The van der Waals surface area contributed by atoms with Crippen molar-refractivity contribution in [3.63, 3.8) is 0 Å². The highest BCUT2D eigenvalue weighted by atomic mass is 16.5. The van der Waals surface area contributed by atoms with Crippen LogP contribution < -0.4 is 10.6 Å². The number of carbonyl (C=O) groups excluding carboxylic acids is 3. The number of carbonyl (C=O) groups is 3. The van der Waals surface area contributed by atoms with E-state index in [1.807, 2.05) is 35.4 Å². The van der Waals surface area contributed by atoms with Crippen molar-refractivity contribution < 1.29 is 23.9 Å². The molecule has 0 bridgehead atoms. The molecule has 9 nitrogen and oxygen atoms in total. The minimum absolute atomic E-state index is 0.0294. The first-order valence-corrected chi connectivity index (χ1v) is 14.6. The van der Waals surface area contributed by atoms with Gasteiger partial charge in [0.15, 0.2) is 0 Å². The van der Waals surface area contributed by atoms with Crippen molar-refractivity contribution in [2.24, 2.45) is 17.8 Å². The number of fused-ring (bicyclic) bond motifs is 1. The summed E-state index contributed by atoms with van der Waals surface area (Å²) in [5, 5.41) is 6.65. The van der Waals surface area contributed by atoms with Gasteiger partial charge >= 0.3 is 0 Å². The van der Waals surface area contributed by atoms with Crippen LogP contribution in [0.1, 0.15) is 58.9 Å². The molecule has 7 atom stereocenters. The fraction of sp³-hybridized carbons (Fsp3) is 0.645. The number of hydrogen-bond acceptors (Lipinski definition) is 5. The summed E-state index contributed by atoms with van der Waals surface area (Å²) in [7, 11) is 4.82. The van der Waals surface area contributed by atoms with Crippen LogP contribution in [-0.2, 0) is 30.3 Å². The van der Waals surface area contributed by atoms with Gasteiger partial charge in [0, 0.05) is 51.3 Å². The molecular weight excluding hydrogens is 508 g/mol. The lowest BCUT2D eigenvalue weighted by molar-refractivity contribution is -0.143. The van der Waals surface area contributed by atoms with E-state index in [9.17, 15) is 14.4 Å². The molecule has 2 heterocycles. The zero-order valence-corrected chi connectivity index (χ0v) is 25.2. The third-order valence-corrected chi connectivity index (χ3v) is 8.96. The summed E-state index contributed by atoms with van der Waals surface area (Å²) >= 11 is 0. The third kappa shape index (κ3) is 7.23. The van der Waals surface area contributed by atoms with E-state index in [0.29, 0.717) is 25.3 Å². The van der Waals surface area contributed by atoms with Crippen LogP contribution in [0.3, 0.4) is 0 Å². The molecule has 0 aliphatic carbocycles. The van der Waals surface area contributed by atoms with Gasteiger partial charge in [0.25, 0.3) is 0 Å². The highest BCUT2D eigenvalue weighted by Crippen LogP contribution is 2.29. The summed E-state index contributed by atoms with van der Waals surface area (Å²) in [6, 6.07) is 6.91. The highest BCUT2D eigenvalue weighted by molar-refractivity contribution is 5.90. The van der Waals surface area contributed by atoms with E-state index >= 15 is 0 Å². The number of likely N-dealkylation sites (N-methyl/N-ethyl adjacent to an activating group) is 1. The van der Waals surface area contributed by atoms with Crippen molar-refractivity contribution >= 4 is 28.6 Å². The summed E-state index contributed by atoms with van der Waals surface area (Å²) < 4.78 is 11.6. The predicted molar refractivity (Wildman–Crippen MR) is 157 cm³/mol. The fourth-order valence-corrected chi connectivity index (χ4v) is 6.01. The molecule has 1 fully saturated rings. The molecule has 3 N–H and O–H groups in total. The first-order chi connectivity index (χ1) is 19.2. The summed E-state index contributed by atoms with van der Waals surface area (Å²) in [4.78, 5) is 44.9. The molecule has 1 aliphatic rings. The number of nitrogens with one attached hydrogen (secondary N) is 3. The van der Waals surface area contributed by atoms with Crippen LogP contribution in [-0.4, -0.2) is 79.7 Å². The van der Waals surface area contributed by atoms with E-state index in [4.69, 9.17) is 9.47 Å². The molecule has 0 spiro atoms. The number of nitrogens with zero attached hydrogens (tertiary/aromatic N) is 1. The Bertz CT molecular complexity index is 1130. The van der Waals surface area contributed by atoms with E-state index in [2.05, 4.69) is 36.4 Å². The first-order valence-electron chi connectivity index (χ1n) is 14.6. The largest absolute Gasteiger partial charge is 0.381 e. The average Bonchev–Trinajstić information content (AvgIpc) is 3.62. The smallest absolute Gasteiger partial charge is 0.242 e. The summed E-state index contributed by atoms with van der Waals surface area (Å²) in [6.07, 6.45) is 4.50. The summed E-state index contributed by atoms with van der Waals surface area (Å²) in [5.41, 5.74) is 1.93. The van der Waals surface area contributed by atoms with Gasteiger partial charge < -0.3 is 30.0 Å². The molecule has 1 aliphatic heterocycles. The molecule has 3 rings (SSSR count). The Labute approximate surface area is 238 Å². The van der Waals surface area contributed by atoms with Gasteiger partial charge in [0.05, 0.1) is 30.6 Å². The number of methoxy groups -OCH3 is 2. The number of amides is 3. The van der Waals surface area contributed by atoms with Crippen LogP contribution in [0.2, 0.25) is 0 Å². The molecule has 3 amide bonds. The lowest BCUT2D eigenvalue weighted by Gasteiger charge is -2.35. The standard InChI is InChI=1S/C31H48N4O5/c1-8-19(2)20(3)27(39-6)17-28(36)35-15-11-14-26(35)29(40-7)21(4)30(37)34-25(31(38)32-5)16-22-18-33-24-13-10-9-12-23(22)24/h9-10,12-13,18-21,25-27,29,33H,8,11,14-17H2,1-7H3,(H,32,38)(H,34,37)/t19?,20-,21?,25-,26?,27?,29?/m0/s1. The van der Waals surface area contributed by atoms with Gasteiger partial charge in [-0.3, -0.25) is 14.4 Å². The maximum Gasteiger partial charge on any atom is 0.242 e. The zero-order valence-electron chi connectivity index (χ0n) is 25.2. The quantitative estimate of drug-likeness (QED) is 0.329. The molecule has 5 unspecified atom stereocenters. The van der Waals surface area contributed by atoms with Crippen LogP contribution in [0.5, 0.6) is 0 Å². The van der Waals surface area contributed by atoms with Gasteiger partial charge in [0.1, 0.15) is 6.04 Å². The van der Waals surface area contributed by atoms with Crippen LogP contribution in [0.15, 0.2) is 30.5 Å². The van der Waals surface area contributed by atoms with Crippen molar-refractivity contribution in [3.8, 4) is 0 Å². The van der Waals surface area contributed by atoms with E-state index in [1.165, 1.54) is 0 Å². The maximum atomic E-state index is 13.5. The Balaban J connectivity index is 1.71. The number of ether oxygens (including phenoxy) is 2. The number of hydrogen-bond donors (Lipinski definition) is 3. The molecule has 1 aromatic carbocycles. The van der Waals surface area contributed by atoms with Crippen LogP contribution >= 0.6 is 0 Å². The second kappa shape index (κ2) is 14.6. The zero-order chi connectivity index (χ0) is 29.4. The molecule has 2 aromatic rings. The topological polar surface area (TPSA) is 113 Å². The van der Waals surface area contributed by atoms with Crippen LogP contribution in [0.25, 0.3) is 10.9 Å². The molecule has 9 heteroatoms. The minimum atomic E-state index is -0.748. The van der Waals surface area contributed by atoms with Gasteiger partial charge in [-0.2, -0.15) is 0 Å². The van der Waals surface area contributed by atoms with Crippen molar-refractivity contribution in [2.45, 2.75) is 84.1 Å². The maximum absolute atomic E-state index is 13.5. The molecule has 222 valence electrons. The van der Waals surface area contributed by atoms with Crippen LogP contribution in [0.4, 0.5) is 0 Å². The predicted octanol–water partition coefficient (Wildman–Crippen LogP) is 3.67. The monoisotopic (exact) mass is 556 g/mol. The number of likely N-dealkylation sites (tertiary alicyclic amines) is 1. The molecule has 1 aromatic heterocycles. The number of aromatic nitrogens is 1. The number of para-hydroxylation sites is 1. The van der Waals surface area contributed by atoms with Gasteiger partial charge in [0.2, 0.25) is 17.7 Å². The van der Waals surface area contributed by atoms with Gasteiger partial charge in [-0.1, -0.05) is 52.3 Å². The van der Waals surface area contributed by atoms with Crippen LogP contribution in [0, 0.1) is 17.8 Å². The number of benzene rings is 1. The normalized spacial score (nSPS) is 20.0. The van der Waals surface area contributed by atoms with Gasteiger partial charge in [-0.15, -0.1) is 0 Å². The summed E-state index contributed by atoms with van der Waals surface area (Å²) in [6.45, 7) is 8.91. The van der Waals surface area contributed by atoms with Gasteiger partial charge in [-0.05, 0) is 36.3 Å². The third-order valence-electron chi connectivity index (χ3n) is 8.96. The highest BCUT2D eigenvalue weighted by Gasteiger charge is 2.41. The number of rotatable bonds is 14. The lowest BCUT2D eigenvalue weighted by atomic mass is 9.87. The lowest BCUT2D eigenvalue weighted by Crippen LogP contribution is -2.54. The molecule has 1 saturated heterocycles. The second-order valence-electron chi connectivity index (χ2n) is 11.2. The molecule has 0 radical (unpaired) electrons. The number of H-pyrrole nitrogens is 1. The van der Waals surface area contributed by atoms with E-state index < -0.39 is 18.1 Å². The molecule has 0 saturated carbocycles. The van der Waals surface area contributed by atoms with Crippen molar-refractivity contribution in [1.29, 1.82) is 0 Å². The Kier molecular flexibility index (Phi) is 11.6. The van der Waals surface area contributed by atoms with Crippen molar-refractivity contribution in [1.82, 2.24) is 20.5 Å². The average molecular weight is 557 g/mol. The SMILES string of the molecule is CCC(C)[C@H](C)C(CC(=O)N1CCCC1C(OC)C(C)C(=O)N[C@@H](Cc1c[nH]c2ccccc12)C(=O)NC)OC. The first kappa shape index (κ1) is 31.6. The summed E-state index contributed by atoms with van der Waals surface area (Å²) in [5.74, 6) is -0.391. The second-order valence-corrected chi connectivity index (χ2v) is 11.2. The molecular formula is C31H48N4O5. The van der Waals surface area contributed by atoms with E-state index in [-0.39, 0.29) is 35.8 Å². The Morgan fingerprint density at radius 1 is 1.10 bits per heavy atom. The van der Waals surface area contributed by atoms with E-state index in [1.54, 1.807) is 28.2 Å². The Morgan fingerprint density at radius 2 is 1.82 bits per heavy atom. The van der Waals surface area contributed by atoms with Gasteiger partial charge in [-0.25, -0.2) is 0 Å². The Morgan fingerprint density at radius 3 is 2.48 bits per heavy atom.